The van der Waals surface area contributed by atoms with Crippen molar-refractivity contribution in [2.45, 2.75) is 13.8 Å². The van der Waals surface area contributed by atoms with E-state index in [0.717, 1.165) is 54.7 Å². The summed E-state index contributed by atoms with van der Waals surface area (Å²) in [5, 5.41) is 1.01. The summed E-state index contributed by atoms with van der Waals surface area (Å²) in [5.41, 5.74) is 2.96. The molecular weight excluding hydrogens is 448 g/mol. The Labute approximate surface area is 203 Å². The minimum Gasteiger partial charge on any atom is -0.497 e. The lowest BCUT2D eigenvalue weighted by molar-refractivity contribution is -0.137. The minimum absolute atomic E-state index is 0.353. The molecule has 0 amide bonds. The first kappa shape index (κ1) is 23.4. The first-order valence-electron chi connectivity index (χ1n) is 10.9. The number of esters is 1. The molecule has 0 aliphatic carbocycles. The molecule has 4 rings (SSSR count). The van der Waals surface area contributed by atoms with E-state index >= 15 is 0 Å². The predicted molar refractivity (Wildman–Crippen MR) is 137 cm³/mol. The Morgan fingerprint density at radius 1 is 0.912 bits per heavy atom. The van der Waals surface area contributed by atoms with Gasteiger partial charge in [0, 0.05) is 16.2 Å². The van der Waals surface area contributed by atoms with Crippen molar-refractivity contribution >= 4 is 33.5 Å². The molecule has 1 aromatic heterocycles. The standard InChI is InChI=1S/C28H26O5S/c1-5-32-26(29)15-9-19-6-12-23(16-18(19)2)33-27-24-14-13-22(31-4)17-25(24)34-28(27)20-7-10-21(30-3)11-8-20/h6-17H,5H2,1-4H3. The number of aryl methyl sites for hydroxylation is 1. The van der Waals surface area contributed by atoms with E-state index in [-0.39, 0.29) is 5.97 Å². The molecule has 0 aliphatic heterocycles. The molecule has 0 saturated heterocycles. The molecular formula is C28H26O5S. The molecule has 0 atom stereocenters. The van der Waals surface area contributed by atoms with Crippen LogP contribution in [0.1, 0.15) is 18.1 Å². The Morgan fingerprint density at radius 3 is 2.29 bits per heavy atom. The molecule has 0 unspecified atom stereocenters. The van der Waals surface area contributed by atoms with Crippen LogP contribution in [0, 0.1) is 6.92 Å². The number of thiophene rings is 1. The second-order valence-corrected chi connectivity index (χ2v) is 8.61. The summed E-state index contributed by atoms with van der Waals surface area (Å²) in [7, 11) is 3.32. The van der Waals surface area contributed by atoms with Gasteiger partial charge in [0.05, 0.1) is 25.7 Å². The van der Waals surface area contributed by atoms with E-state index in [1.54, 1.807) is 38.6 Å². The van der Waals surface area contributed by atoms with Gasteiger partial charge < -0.3 is 18.9 Å². The number of carbonyl (C=O) groups excluding carboxylic acids is 1. The van der Waals surface area contributed by atoms with Crippen LogP contribution >= 0.6 is 11.3 Å². The number of methoxy groups -OCH3 is 2. The lowest BCUT2D eigenvalue weighted by Gasteiger charge is -2.11. The van der Waals surface area contributed by atoms with Crippen LogP contribution in [0.15, 0.2) is 66.7 Å². The van der Waals surface area contributed by atoms with E-state index in [1.807, 2.05) is 67.6 Å². The van der Waals surface area contributed by atoms with Gasteiger partial charge in [0.1, 0.15) is 17.2 Å². The fourth-order valence-electron chi connectivity index (χ4n) is 3.58. The van der Waals surface area contributed by atoms with Gasteiger partial charge in [0.2, 0.25) is 0 Å². The third-order valence-electron chi connectivity index (χ3n) is 5.35. The topological polar surface area (TPSA) is 54.0 Å². The second kappa shape index (κ2) is 10.4. The van der Waals surface area contributed by atoms with Crippen molar-refractivity contribution in [1.82, 2.24) is 0 Å². The summed E-state index contributed by atoms with van der Waals surface area (Å²) < 4.78 is 23.2. The fraction of sp³-hybridized carbons (Fsp3) is 0.179. The Kier molecular flexibility index (Phi) is 7.18. The van der Waals surface area contributed by atoms with Crippen molar-refractivity contribution in [2.75, 3.05) is 20.8 Å². The summed E-state index contributed by atoms with van der Waals surface area (Å²) >= 11 is 1.65. The van der Waals surface area contributed by atoms with Crippen LogP contribution in [0.3, 0.4) is 0 Å². The van der Waals surface area contributed by atoms with Crippen LogP contribution < -0.4 is 14.2 Å². The molecule has 6 heteroatoms. The molecule has 0 N–H and O–H groups in total. The molecule has 34 heavy (non-hydrogen) atoms. The first-order valence-corrected chi connectivity index (χ1v) is 11.7. The van der Waals surface area contributed by atoms with Crippen LogP contribution in [-0.4, -0.2) is 26.8 Å². The number of carbonyl (C=O) groups is 1. The maximum atomic E-state index is 11.6. The van der Waals surface area contributed by atoms with Crippen molar-refractivity contribution in [3.05, 3.63) is 77.9 Å². The zero-order chi connectivity index (χ0) is 24.1. The van der Waals surface area contributed by atoms with Crippen molar-refractivity contribution in [1.29, 1.82) is 0 Å². The summed E-state index contributed by atoms with van der Waals surface area (Å²) in [5.74, 6) is 2.76. The van der Waals surface area contributed by atoms with Gasteiger partial charge in [0.25, 0.3) is 0 Å². The molecule has 3 aromatic carbocycles. The quantitative estimate of drug-likeness (QED) is 0.199. The van der Waals surface area contributed by atoms with Crippen molar-refractivity contribution < 1.29 is 23.7 Å². The molecule has 0 fully saturated rings. The normalized spacial score (nSPS) is 11.1. The van der Waals surface area contributed by atoms with Gasteiger partial charge in [-0.2, -0.15) is 0 Å². The molecule has 4 aromatic rings. The Morgan fingerprint density at radius 2 is 1.62 bits per heavy atom. The number of ether oxygens (including phenoxy) is 4. The van der Waals surface area contributed by atoms with Gasteiger partial charge in [0.15, 0.2) is 5.75 Å². The number of hydrogen-bond donors (Lipinski definition) is 0. The highest BCUT2D eigenvalue weighted by atomic mass is 32.1. The molecule has 0 radical (unpaired) electrons. The van der Waals surface area contributed by atoms with E-state index in [1.165, 1.54) is 6.08 Å². The highest BCUT2D eigenvalue weighted by Gasteiger charge is 2.17. The third kappa shape index (κ3) is 5.07. The highest BCUT2D eigenvalue weighted by Crippen LogP contribution is 2.47. The lowest BCUT2D eigenvalue weighted by atomic mass is 10.1. The Balaban J connectivity index is 1.71. The summed E-state index contributed by atoms with van der Waals surface area (Å²) in [6, 6.07) is 19.7. The lowest BCUT2D eigenvalue weighted by Crippen LogP contribution is -1.98. The van der Waals surface area contributed by atoms with Crippen LogP contribution in [0.2, 0.25) is 0 Å². The zero-order valence-corrected chi connectivity index (χ0v) is 20.4. The smallest absolute Gasteiger partial charge is 0.330 e. The summed E-state index contributed by atoms with van der Waals surface area (Å²) in [4.78, 5) is 12.7. The van der Waals surface area contributed by atoms with E-state index in [2.05, 4.69) is 0 Å². The van der Waals surface area contributed by atoms with Gasteiger partial charge in [-0.05, 0) is 91.2 Å². The van der Waals surface area contributed by atoms with Gasteiger partial charge in [-0.3, -0.25) is 0 Å². The Hall–Kier alpha value is -3.77. The SMILES string of the molecule is CCOC(=O)C=Cc1ccc(Oc2c(-c3ccc(OC)cc3)sc3cc(OC)ccc23)cc1C. The monoisotopic (exact) mass is 474 g/mol. The number of hydrogen-bond acceptors (Lipinski definition) is 6. The van der Waals surface area contributed by atoms with Crippen LogP contribution in [0.4, 0.5) is 0 Å². The average molecular weight is 475 g/mol. The Bertz CT molecular complexity index is 1340. The van der Waals surface area contributed by atoms with Crippen molar-refractivity contribution in [2.24, 2.45) is 0 Å². The number of rotatable bonds is 8. The molecule has 0 spiro atoms. The molecule has 0 aliphatic rings. The first-order chi connectivity index (χ1) is 16.5. The van der Waals surface area contributed by atoms with E-state index in [4.69, 9.17) is 18.9 Å². The average Bonchev–Trinajstić information content (AvgIpc) is 3.21. The molecule has 174 valence electrons. The summed E-state index contributed by atoms with van der Waals surface area (Å²) in [6.45, 7) is 4.12. The summed E-state index contributed by atoms with van der Waals surface area (Å²) in [6.07, 6.45) is 3.19. The van der Waals surface area contributed by atoms with Crippen LogP contribution in [0.5, 0.6) is 23.0 Å². The fourth-order valence-corrected chi connectivity index (χ4v) is 4.74. The van der Waals surface area contributed by atoms with Gasteiger partial charge in [-0.25, -0.2) is 4.79 Å². The van der Waals surface area contributed by atoms with E-state index < -0.39 is 0 Å². The second-order valence-electron chi connectivity index (χ2n) is 7.56. The van der Waals surface area contributed by atoms with Crippen LogP contribution in [0.25, 0.3) is 26.6 Å². The molecule has 0 bridgehead atoms. The number of fused-ring (bicyclic) bond motifs is 1. The predicted octanol–water partition coefficient (Wildman–Crippen LogP) is 7.26. The largest absolute Gasteiger partial charge is 0.497 e. The van der Waals surface area contributed by atoms with E-state index in [0.29, 0.717) is 6.61 Å². The zero-order valence-electron chi connectivity index (χ0n) is 19.6. The maximum Gasteiger partial charge on any atom is 0.330 e. The minimum atomic E-state index is -0.355. The highest BCUT2D eigenvalue weighted by molar-refractivity contribution is 7.22. The van der Waals surface area contributed by atoms with E-state index in [9.17, 15) is 4.79 Å². The molecule has 5 nitrogen and oxygen atoms in total. The van der Waals surface area contributed by atoms with Gasteiger partial charge in [-0.1, -0.05) is 6.07 Å². The van der Waals surface area contributed by atoms with Gasteiger partial charge in [-0.15, -0.1) is 11.3 Å². The van der Waals surface area contributed by atoms with Crippen molar-refractivity contribution in [3.8, 4) is 33.4 Å². The number of benzene rings is 3. The third-order valence-corrected chi connectivity index (χ3v) is 6.53. The van der Waals surface area contributed by atoms with Crippen LogP contribution in [-0.2, 0) is 9.53 Å². The maximum absolute atomic E-state index is 11.6. The van der Waals surface area contributed by atoms with Gasteiger partial charge >= 0.3 is 5.97 Å². The molecule has 0 saturated carbocycles. The molecule has 1 heterocycles. The van der Waals surface area contributed by atoms with Crippen molar-refractivity contribution in [3.63, 3.8) is 0 Å².